The Morgan fingerprint density at radius 2 is 1.58 bits per heavy atom. The van der Waals surface area contributed by atoms with Gasteiger partial charge in [0.2, 0.25) is 5.91 Å². The van der Waals surface area contributed by atoms with Crippen LogP contribution in [0.4, 0.5) is 4.39 Å². The molecule has 0 aliphatic rings. The third kappa shape index (κ3) is 5.54. The lowest BCUT2D eigenvalue weighted by Gasteiger charge is -2.26. The molecule has 1 amide bonds. The van der Waals surface area contributed by atoms with Crippen LogP contribution in [-0.4, -0.2) is 49.2 Å². The fourth-order valence-corrected chi connectivity index (χ4v) is 2.40. The monoisotopic (exact) mass is 369 g/mol. The molecule has 1 aromatic carbocycles. The molecule has 0 saturated carbocycles. The standard InChI is InChI=1S/C17H20FNO7/c1-9(13(16(23)25-2)17(24)26-3)14(15(21)22)19-12(20)8-10-4-6-11(18)7-5-10/h4-7,9,13-14H,8H2,1-3H3,(H,19,20)(H,21,22)/t9-,14-/m0/s1. The van der Waals surface area contributed by atoms with Crippen molar-refractivity contribution in [3.05, 3.63) is 35.6 Å². The summed E-state index contributed by atoms with van der Waals surface area (Å²) in [7, 11) is 2.10. The van der Waals surface area contributed by atoms with Crippen molar-refractivity contribution in [3.63, 3.8) is 0 Å². The van der Waals surface area contributed by atoms with E-state index in [9.17, 15) is 28.7 Å². The van der Waals surface area contributed by atoms with Gasteiger partial charge in [0.25, 0.3) is 0 Å². The number of amides is 1. The number of carbonyl (C=O) groups excluding carboxylic acids is 3. The van der Waals surface area contributed by atoms with Crippen molar-refractivity contribution in [3.8, 4) is 0 Å². The Bertz CT molecular complexity index is 658. The summed E-state index contributed by atoms with van der Waals surface area (Å²) in [5, 5.41) is 11.7. The van der Waals surface area contributed by atoms with E-state index >= 15 is 0 Å². The number of carboxylic acid groups (broad SMARTS) is 1. The number of methoxy groups -OCH3 is 2. The maximum atomic E-state index is 12.9. The van der Waals surface area contributed by atoms with Gasteiger partial charge in [0.1, 0.15) is 11.9 Å². The van der Waals surface area contributed by atoms with Crippen molar-refractivity contribution in [1.82, 2.24) is 5.32 Å². The molecule has 0 spiro atoms. The van der Waals surface area contributed by atoms with Gasteiger partial charge >= 0.3 is 17.9 Å². The maximum Gasteiger partial charge on any atom is 0.326 e. The first-order chi connectivity index (χ1) is 12.2. The Kier molecular flexibility index (Phi) is 7.70. The molecule has 0 heterocycles. The van der Waals surface area contributed by atoms with Gasteiger partial charge in [-0.15, -0.1) is 0 Å². The van der Waals surface area contributed by atoms with Crippen molar-refractivity contribution in [2.75, 3.05) is 14.2 Å². The minimum Gasteiger partial charge on any atom is -0.480 e. The summed E-state index contributed by atoms with van der Waals surface area (Å²) in [6.07, 6.45) is -0.197. The second-order valence-electron chi connectivity index (χ2n) is 5.57. The molecular formula is C17H20FNO7. The number of nitrogens with one attached hydrogen (secondary N) is 1. The molecule has 0 aliphatic carbocycles. The van der Waals surface area contributed by atoms with E-state index in [1.54, 1.807) is 0 Å². The summed E-state index contributed by atoms with van der Waals surface area (Å²) >= 11 is 0. The highest BCUT2D eigenvalue weighted by molar-refractivity contribution is 5.96. The Labute approximate surface area is 149 Å². The molecule has 142 valence electrons. The summed E-state index contributed by atoms with van der Waals surface area (Å²) in [6, 6.07) is 3.58. The lowest BCUT2D eigenvalue weighted by Crippen LogP contribution is -2.50. The van der Waals surface area contributed by atoms with Crippen LogP contribution in [0.15, 0.2) is 24.3 Å². The first-order valence-electron chi connectivity index (χ1n) is 7.63. The molecule has 8 nitrogen and oxygen atoms in total. The first-order valence-corrected chi connectivity index (χ1v) is 7.63. The Hall–Kier alpha value is -2.97. The third-order valence-electron chi connectivity index (χ3n) is 3.82. The molecule has 1 aromatic rings. The lowest BCUT2D eigenvalue weighted by molar-refractivity contribution is -0.163. The molecule has 9 heteroatoms. The topological polar surface area (TPSA) is 119 Å². The molecule has 0 aromatic heterocycles. The van der Waals surface area contributed by atoms with E-state index in [1.165, 1.54) is 31.2 Å². The number of halogens is 1. The van der Waals surface area contributed by atoms with Gasteiger partial charge in [-0.2, -0.15) is 0 Å². The molecule has 0 saturated heterocycles. The van der Waals surface area contributed by atoms with Crippen LogP contribution in [0, 0.1) is 17.7 Å². The van der Waals surface area contributed by atoms with Crippen LogP contribution in [0.25, 0.3) is 0 Å². The van der Waals surface area contributed by atoms with E-state index in [-0.39, 0.29) is 6.42 Å². The number of hydrogen-bond acceptors (Lipinski definition) is 6. The third-order valence-corrected chi connectivity index (χ3v) is 3.82. The Balaban J connectivity index is 2.93. The highest BCUT2D eigenvalue weighted by Crippen LogP contribution is 2.20. The van der Waals surface area contributed by atoms with E-state index in [1.807, 2.05) is 0 Å². The summed E-state index contributed by atoms with van der Waals surface area (Å²) in [6.45, 7) is 1.31. The second-order valence-corrected chi connectivity index (χ2v) is 5.57. The SMILES string of the molecule is COC(=O)C(C(=O)OC)[C@H](C)[C@H](NC(=O)Cc1ccc(F)cc1)C(=O)O. The highest BCUT2D eigenvalue weighted by atomic mass is 19.1. The van der Waals surface area contributed by atoms with E-state index in [2.05, 4.69) is 14.8 Å². The Morgan fingerprint density at radius 1 is 1.08 bits per heavy atom. The molecule has 0 bridgehead atoms. The minimum atomic E-state index is -1.54. The molecular weight excluding hydrogens is 349 g/mol. The normalized spacial score (nSPS) is 12.8. The van der Waals surface area contributed by atoms with E-state index in [0.717, 1.165) is 14.2 Å². The predicted molar refractivity (Wildman–Crippen MR) is 86.4 cm³/mol. The molecule has 1 rings (SSSR count). The summed E-state index contributed by atoms with van der Waals surface area (Å²) in [5.74, 6) is -7.15. The average Bonchev–Trinajstić information content (AvgIpc) is 2.60. The fourth-order valence-electron chi connectivity index (χ4n) is 2.40. The van der Waals surface area contributed by atoms with Gasteiger partial charge in [0.05, 0.1) is 20.6 Å². The predicted octanol–water partition coefficient (Wildman–Crippen LogP) is 0.536. The Morgan fingerprint density at radius 3 is 2.00 bits per heavy atom. The van der Waals surface area contributed by atoms with E-state index in [4.69, 9.17) is 0 Å². The van der Waals surface area contributed by atoms with E-state index < -0.39 is 47.5 Å². The number of aliphatic carboxylic acids is 1. The molecule has 26 heavy (non-hydrogen) atoms. The fraction of sp³-hybridized carbons (Fsp3) is 0.412. The van der Waals surface area contributed by atoms with Crippen LogP contribution in [-0.2, 0) is 35.1 Å². The van der Waals surface area contributed by atoms with Crippen molar-refractivity contribution in [2.45, 2.75) is 19.4 Å². The molecule has 0 unspecified atom stereocenters. The van der Waals surface area contributed by atoms with E-state index in [0.29, 0.717) is 5.56 Å². The average molecular weight is 369 g/mol. The number of carboxylic acids is 1. The first kappa shape index (κ1) is 21.1. The van der Waals surface area contributed by atoms with Crippen LogP contribution in [0.5, 0.6) is 0 Å². The van der Waals surface area contributed by atoms with Crippen molar-refractivity contribution in [2.24, 2.45) is 11.8 Å². The van der Waals surface area contributed by atoms with Crippen molar-refractivity contribution >= 4 is 23.8 Å². The zero-order chi connectivity index (χ0) is 19.9. The van der Waals surface area contributed by atoms with Crippen LogP contribution in [0.1, 0.15) is 12.5 Å². The van der Waals surface area contributed by atoms with Gasteiger partial charge < -0.3 is 19.9 Å². The van der Waals surface area contributed by atoms with Gasteiger partial charge in [-0.1, -0.05) is 19.1 Å². The smallest absolute Gasteiger partial charge is 0.326 e. The molecule has 0 radical (unpaired) electrons. The molecule has 0 fully saturated rings. The second kappa shape index (κ2) is 9.50. The van der Waals surface area contributed by atoms with Gasteiger partial charge in [-0.05, 0) is 17.7 Å². The number of esters is 2. The number of carbonyl (C=O) groups is 4. The van der Waals surface area contributed by atoms with Gasteiger partial charge in [-0.25, -0.2) is 9.18 Å². The number of ether oxygens (including phenoxy) is 2. The largest absolute Gasteiger partial charge is 0.480 e. The lowest BCUT2D eigenvalue weighted by atomic mass is 9.87. The van der Waals surface area contributed by atoms with Crippen LogP contribution >= 0.6 is 0 Å². The zero-order valence-electron chi connectivity index (χ0n) is 14.5. The highest BCUT2D eigenvalue weighted by Gasteiger charge is 2.41. The number of benzene rings is 1. The number of rotatable bonds is 8. The van der Waals surface area contributed by atoms with Gasteiger partial charge in [0, 0.05) is 5.92 Å². The molecule has 2 atom stereocenters. The molecule has 0 aliphatic heterocycles. The van der Waals surface area contributed by atoms with Crippen LogP contribution in [0.2, 0.25) is 0 Å². The van der Waals surface area contributed by atoms with Crippen molar-refractivity contribution < 1.29 is 38.1 Å². The zero-order valence-corrected chi connectivity index (χ0v) is 14.5. The quantitative estimate of drug-likeness (QED) is 0.507. The summed E-state index contributed by atoms with van der Waals surface area (Å²) in [5.41, 5.74) is 0.471. The van der Waals surface area contributed by atoms with Crippen molar-refractivity contribution in [1.29, 1.82) is 0 Å². The van der Waals surface area contributed by atoms with Gasteiger partial charge in [-0.3, -0.25) is 14.4 Å². The summed E-state index contributed by atoms with van der Waals surface area (Å²) < 4.78 is 21.9. The van der Waals surface area contributed by atoms with Crippen LogP contribution in [0.3, 0.4) is 0 Å². The minimum absolute atomic E-state index is 0.197. The number of hydrogen-bond donors (Lipinski definition) is 2. The summed E-state index contributed by atoms with van der Waals surface area (Å²) in [4.78, 5) is 47.3. The van der Waals surface area contributed by atoms with Gasteiger partial charge in [0.15, 0.2) is 5.92 Å². The molecule has 2 N–H and O–H groups in total. The maximum absolute atomic E-state index is 12.9. The van der Waals surface area contributed by atoms with Crippen LogP contribution < -0.4 is 5.32 Å².